The molecule has 0 amide bonds. The number of hydrogen-bond acceptors (Lipinski definition) is 4. The molecule has 25 heavy (non-hydrogen) atoms. The number of nitrogens with zero attached hydrogens (tertiary/aromatic N) is 1. The minimum absolute atomic E-state index is 0.0234. The number of rotatable bonds is 7. The molecule has 0 aliphatic carbocycles. The van der Waals surface area contributed by atoms with Crippen molar-refractivity contribution in [2.24, 2.45) is 11.8 Å². The maximum absolute atomic E-state index is 6.43. The molecule has 0 spiro atoms. The first-order valence-corrected chi connectivity index (χ1v) is 10.3. The Morgan fingerprint density at radius 3 is 2.96 bits per heavy atom. The van der Waals surface area contributed by atoms with E-state index < -0.39 is 0 Å². The fraction of sp³-hybridized carbons (Fsp3) is 0.550. The van der Waals surface area contributed by atoms with Crippen molar-refractivity contribution in [3.8, 4) is 0 Å². The van der Waals surface area contributed by atoms with E-state index in [4.69, 9.17) is 16.3 Å². The SMILES string of the molecule is CC1(C)CC(C(CCNc2nccs2)Cc2ccccc2Cl)CCO1. The predicted octanol–water partition coefficient (Wildman–Crippen LogP) is 5.66. The van der Waals surface area contributed by atoms with Crippen molar-refractivity contribution < 1.29 is 4.74 Å². The van der Waals surface area contributed by atoms with Gasteiger partial charge in [-0.15, -0.1) is 11.3 Å². The first kappa shape index (κ1) is 18.7. The summed E-state index contributed by atoms with van der Waals surface area (Å²) in [7, 11) is 0. The Morgan fingerprint density at radius 1 is 1.40 bits per heavy atom. The van der Waals surface area contributed by atoms with Gasteiger partial charge in [0.1, 0.15) is 0 Å². The highest BCUT2D eigenvalue weighted by molar-refractivity contribution is 7.13. The molecule has 1 aromatic heterocycles. The molecule has 2 unspecified atom stereocenters. The van der Waals surface area contributed by atoms with Crippen LogP contribution in [-0.4, -0.2) is 23.7 Å². The van der Waals surface area contributed by atoms with E-state index in [-0.39, 0.29) is 5.60 Å². The van der Waals surface area contributed by atoms with Crippen molar-refractivity contribution in [3.63, 3.8) is 0 Å². The monoisotopic (exact) mass is 378 g/mol. The molecule has 136 valence electrons. The lowest BCUT2D eigenvalue weighted by Crippen LogP contribution is -2.37. The van der Waals surface area contributed by atoms with E-state index in [1.807, 2.05) is 23.7 Å². The molecule has 2 aromatic rings. The van der Waals surface area contributed by atoms with E-state index in [1.54, 1.807) is 11.3 Å². The highest BCUT2D eigenvalue weighted by Crippen LogP contribution is 2.37. The third kappa shape index (κ3) is 5.44. The standard InChI is InChI=1S/C20H27ClN2OS/c1-20(2)14-17(8-11-24-20)15(7-9-22-19-23-10-12-25-19)13-16-5-3-4-6-18(16)21/h3-6,10,12,15,17H,7-9,11,13-14H2,1-2H3,(H,22,23). The van der Waals surface area contributed by atoms with Gasteiger partial charge in [-0.2, -0.15) is 0 Å². The van der Waals surface area contributed by atoms with Crippen molar-refractivity contribution in [2.75, 3.05) is 18.5 Å². The second kappa shape index (κ2) is 8.52. The van der Waals surface area contributed by atoms with Gasteiger partial charge in [-0.1, -0.05) is 29.8 Å². The third-order valence-corrected chi connectivity index (χ3v) is 6.17. The van der Waals surface area contributed by atoms with E-state index in [2.05, 4.69) is 36.3 Å². The summed E-state index contributed by atoms with van der Waals surface area (Å²) in [4.78, 5) is 4.31. The molecule has 1 aromatic carbocycles. The molecule has 1 N–H and O–H groups in total. The lowest BCUT2D eigenvalue weighted by atomic mass is 9.75. The Hall–Kier alpha value is -1.10. The molecule has 0 radical (unpaired) electrons. The smallest absolute Gasteiger partial charge is 0.182 e. The molecule has 2 heterocycles. The Labute approximate surface area is 159 Å². The number of halogens is 1. The average molecular weight is 379 g/mol. The molecule has 0 bridgehead atoms. The lowest BCUT2D eigenvalue weighted by Gasteiger charge is -2.39. The number of nitrogens with one attached hydrogen (secondary N) is 1. The average Bonchev–Trinajstić information content (AvgIpc) is 3.08. The van der Waals surface area contributed by atoms with Gasteiger partial charge in [0.15, 0.2) is 5.13 Å². The first-order chi connectivity index (χ1) is 12.0. The Balaban J connectivity index is 1.67. The summed E-state index contributed by atoms with van der Waals surface area (Å²) in [5, 5.41) is 7.35. The normalized spacial score (nSPS) is 21.0. The van der Waals surface area contributed by atoms with Crippen molar-refractivity contribution in [1.82, 2.24) is 4.98 Å². The maximum Gasteiger partial charge on any atom is 0.182 e. The van der Waals surface area contributed by atoms with Crippen molar-refractivity contribution in [1.29, 1.82) is 0 Å². The summed E-state index contributed by atoms with van der Waals surface area (Å²) < 4.78 is 5.93. The van der Waals surface area contributed by atoms with Gasteiger partial charge in [-0.05, 0) is 63.0 Å². The Kier molecular flexibility index (Phi) is 6.37. The summed E-state index contributed by atoms with van der Waals surface area (Å²) in [6, 6.07) is 8.24. The molecule has 3 nitrogen and oxygen atoms in total. The minimum atomic E-state index is -0.0234. The molecule has 0 saturated carbocycles. The maximum atomic E-state index is 6.43. The van der Waals surface area contributed by atoms with Gasteiger partial charge in [-0.25, -0.2) is 4.98 Å². The number of thiazole rings is 1. The fourth-order valence-corrected chi connectivity index (χ4v) is 4.58. The van der Waals surface area contributed by atoms with Crippen LogP contribution in [0.1, 0.15) is 38.7 Å². The van der Waals surface area contributed by atoms with Gasteiger partial charge >= 0.3 is 0 Å². The molecule has 2 atom stereocenters. The van der Waals surface area contributed by atoms with Crippen LogP contribution in [0.5, 0.6) is 0 Å². The summed E-state index contributed by atoms with van der Waals surface area (Å²) in [5.74, 6) is 1.26. The summed E-state index contributed by atoms with van der Waals surface area (Å²) >= 11 is 8.08. The second-order valence-corrected chi connectivity index (χ2v) is 8.77. The third-order valence-electron chi connectivity index (χ3n) is 5.07. The molecule has 3 rings (SSSR count). The Bertz CT molecular complexity index is 659. The zero-order valence-corrected chi connectivity index (χ0v) is 16.6. The van der Waals surface area contributed by atoms with E-state index in [0.717, 1.165) is 49.0 Å². The topological polar surface area (TPSA) is 34.2 Å². The van der Waals surface area contributed by atoms with Crippen LogP contribution < -0.4 is 5.32 Å². The van der Waals surface area contributed by atoms with Crippen LogP contribution in [0.2, 0.25) is 5.02 Å². The number of hydrogen-bond donors (Lipinski definition) is 1. The number of anilines is 1. The molecule has 1 aliphatic heterocycles. The van der Waals surface area contributed by atoms with E-state index >= 15 is 0 Å². The highest BCUT2D eigenvalue weighted by Gasteiger charge is 2.33. The number of benzene rings is 1. The van der Waals surface area contributed by atoms with Crippen LogP contribution in [0, 0.1) is 11.8 Å². The summed E-state index contributed by atoms with van der Waals surface area (Å²) in [6.45, 7) is 6.22. The van der Waals surface area contributed by atoms with Crippen LogP contribution >= 0.6 is 22.9 Å². The number of ether oxygens (including phenoxy) is 1. The molecule has 5 heteroatoms. The van der Waals surface area contributed by atoms with Crippen molar-refractivity contribution >= 4 is 28.1 Å². The van der Waals surface area contributed by atoms with Crippen LogP contribution in [0.15, 0.2) is 35.8 Å². The molecule has 1 saturated heterocycles. The summed E-state index contributed by atoms with van der Waals surface area (Å²) in [6.07, 6.45) is 6.23. The van der Waals surface area contributed by atoms with E-state index in [1.165, 1.54) is 5.56 Å². The number of aromatic nitrogens is 1. The van der Waals surface area contributed by atoms with Crippen molar-refractivity contribution in [2.45, 2.75) is 45.1 Å². The van der Waals surface area contributed by atoms with Gasteiger partial charge in [0.2, 0.25) is 0 Å². The Morgan fingerprint density at radius 2 is 2.24 bits per heavy atom. The largest absolute Gasteiger partial charge is 0.376 e. The molecular formula is C20H27ClN2OS. The minimum Gasteiger partial charge on any atom is -0.376 e. The molecular weight excluding hydrogens is 352 g/mol. The van der Waals surface area contributed by atoms with Gasteiger partial charge in [0.05, 0.1) is 5.60 Å². The van der Waals surface area contributed by atoms with Crippen LogP contribution in [-0.2, 0) is 11.2 Å². The van der Waals surface area contributed by atoms with Gasteiger partial charge < -0.3 is 10.1 Å². The predicted molar refractivity (Wildman–Crippen MR) is 107 cm³/mol. The van der Waals surface area contributed by atoms with Crippen LogP contribution in [0.4, 0.5) is 5.13 Å². The lowest BCUT2D eigenvalue weighted by molar-refractivity contribution is -0.0828. The first-order valence-electron chi connectivity index (χ1n) is 9.04. The van der Waals surface area contributed by atoms with Crippen LogP contribution in [0.25, 0.3) is 0 Å². The zero-order chi connectivity index (χ0) is 17.7. The molecule has 1 aliphatic rings. The quantitative estimate of drug-likeness (QED) is 0.674. The zero-order valence-electron chi connectivity index (χ0n) is 15.0. The second-order valence-electron chi connectivity index (χ2n) is 7.47. The van der Waals surface area contributed by atoms with Gasteiger partial charge in [0.25, 0.3) is 0 Å². The summed E-state index contributed by atoms with van der Waals surface area (Å²) in [5.41, 5.74) is 1.23. The molecule has 1 fully saturated rings. The van der Waals surface area contributed by atoms with Crippen LogP contribution in [0.3, 0.4) is 0 Å². The highest BCUT2D eigenvalue weighted by atomic mass is 35.5. The fourth-order valence-electron chi connectivity index (χ4n) is 3.81. The van der Waals surface area contributed by atoms with E-state index in [9.17, 15) is 0 Å². The van der Waals surface area contributed by atoms with Gasteiger partial charge in [0, 0.05) is 29.8 Å². The van der Waals surface area contributed by atoms with E-state index in [0.29, 0.717) is 11.8 Å². The van der Waals surface area contributed by atoms with Gasteiger partial charge in [-0.3, -0.25) is 0 Å². The van der Waals surface area contributed by atoms with Crippen molar-refractivity contribution in [3.05, 3.63) is 46.4 Å².